The number of carbonyl (C=O) groups excluding carboxylic acids is 1. The van der Waals surface area contributed by atoms with Gasteiger partial charge in [-0.05, 0) is 29.7 Å². The van der Waals surface area contributed by atoms with Crippen molar-refractivity contribution in [2.75, 3.05) is 7.11 Å². The third kappa shape index (κ3) is 2.29. The van der Waals surface area contributed by atoms with E-state index < -0.39 is 0 Å². The zero-order valence-corrected chi connectivity index (χ0v) is 9.47. The van der Waals surface area contributed by atoms with E-state index in [1.165, 1.54) is 0 Å². The summed E-state index contributed by atoms with van der Waals surface area (Å²) < 4.78 is 5.21. The molecule has 76 valence electrons. The monoisotopic (exact) mass is 210 g/mol. The first-order valence-corrected chi connectivity index (χ1v) is 4.92. The summed E-state index contributed by atoms with van der Waals surface area (Å²) in [4.78, 5) is 11.0. The highest BCUT2D eigenvalue weighted by Gasteiger charge is 2.10. The minimum absolute atomic E-state index is 0.213. The van der Waals surface area contributed by atoms with E-state index in [0.29, 0.717) is 11.5 Å². The van der Waals surface area contributed by atoms with Crippen LogP contribution in [0.3, 0.4) is 0 Å². The van der Waals surface area contributed by atoms with Crippen LogP contribution >= 0.6 is 12.6 Å². The molecule has 0 aliphatic rings. The van der Waals surface area contributed by atoms with Gasteiger partial charge in [0.2, 0.25) is 5.12 Å². The van der Waals surface area contributed by atoms with Crippen molar-refractivity contribution in [2.24, 2.45) is 0 Å². The maximum Gasteiger partial charge on any atom is 0.216 e. The molecule has 0 saturated heterocycles. The minimum atomic E-state index is -0.213. The van der Waals surface area contributed by atoms with Gasteiger partial charge < -0.3 is 4.74 Å². The van der Waals surface area contributed by atoms with Crippen LogP contribution in [0.15, 0.2) is 18.2 Å². The fourth-order valence-electron chi connectivity index (χ4n) is 1.32. The fourth-order valence-corrected chi connectivity index (χ4v) is 1.46. The van der Waals surface area contributed by atoms with E-state index >= 15 is 0 Å². The predicted octanol–water partition coefficient (Wildman–Crippen LogP) is 2.89. The van der Waals surface area contributed by atoms with Gasteiger partial charge in [0.15, 0.2) is 0 Å². The number of benzene rings is 1. The van der Waals surface area contributed by atoms with Gasteiger partial charge in [-0.1, -0.05) is 13.8 Å². The summed E-state index contributed by atoms with van der Waals surface area (Å²) in [5.41, 5.74) is 1.64. The number of carbonyl (C=O) groups is 1. The highest BCUT2D eigenvalue weighted by Crippen LogP contribution is 2.27. The molecule has 0 amide bonds. The Balaban J connectivity index is 3.20. The number of ether oxygens (including phenoxy) is 1. The third-order valence-electron chi connectivity index (χ3n) is 2.10. The normalized spacial score (nSPS) is 10.4. The van der Waals surface area contributed by atoms with Crippen LogP contribution in [0.1, 0.15) is 35.7 Å². The molecular formula is C11H14O2S. The average Bonchev–Trinajstić information content (AvgIpc) is 2.16. The lowest BCUT2D eigenvalue weighted by molar-refractivity contribution is 0.109. The molecule has 1 aromatic rings. The Labute approximate surface area is 89.7 Å². The second-order valence-corrected chi connectivity index (χ2v) is 3.82. The van der Waals surface area contributed by atoms with E-state index in [1.807, 2.05) is 6.07 Å². The van der Waals surface area contributed by atoms with E-state index in [9.17, 15) is 4.79 Å². The molecule has 0 aliphatic heterocycles. The summed E-state index contributed by atoms with van der Waals surface area (Å²) in [6.07, 6.45) is 0. The first kappa shape index (κ1) is 11.1. The van der Waals surface area contributed by atoms with Crippen molar-refractivity contribution in [3.63, 3.8) is 0 Å². The zero-order valence-electron chi connectivity index (χ0n) is 8.57. The van der Waals surface area contributed by atoms with E-state index in [4.69, 9.17) is 4.74 Å². The molecule has 0 bridgehead atoms. The third-order valence-corrected chi connectivity index (χ3v) is 2.36. The van der Waals surface area contributed by atoms with Gasteiger partial charge in [-0.25, -0.2) is 0 Å². The Kier molecular flexibility index (Phi) is 3.58. The average molecular weight is 210 g/mol. The van der Waals surface area contributed by atoms with Gasteiger partial charge >= 0.3 is 0 Å². The van der Waals surface area contributed by atoms with Gasteiger partial charge in [-0.15, -0.1) is 12.6 Å². The van der Waals surface area contributed by atoms with Crippen molar-refractivity contribution in [3.05, 3.63) is 29.3 Å². The molecule has 0 radical (unpaired) electrons. The van der Waals surface area contributed by atoms with Gasteiger partial charge in [0.1, 0.15) is 5.75 Å². The molecular weight excluding hydrogens is 196 g/mol. The number of hydrogen-bond donors (Lipinski definition) is 1. The van der Waals surface area contributed by atoms with Crippen LogP contribution < -0.4 is 4.74 Å². The predicted molar refractivity (Wildman–Crippen MR) is 60.4 cm³/mol. The summed E-state index contributed by atoms with van der Waals surface area (Å²) in [6.45, 7) is 4.12. The van der Waals surface area contributed by atoms with Gasteiger partial charge in [-0.2, -0.15) is 0 Å². The van der Waals surface area contributed by atoms with Crippen LogP contribution in [-0.2, 0) is 0 Å². The Morgan fingerprint density at radius 3 is 2.50 bits per heavy atom. The van der Waals surface area contributed by atoms with E-state index in [2.05, 4.69) is 26.5 Å². The van der Waals surface area contributed by atoms with Gasteiger partial charge in [-0.3, -0.25) is 4.79 Å². The second-order valence-electron chi connectivity index (χ2n) is 3.42. The number of methoxy groups -OCH3 is 1. The first-order chi connectivity index (χ1) is 6.56. The molecule has 0 heterocycles. The second kappa shape index (κ2) is 4.51. The molecule has 14 heavy (non-hydrogen) atoms. The van der Waals surface area contributed by atoms with Crippen molar-refractivity contribution >= 4 is 17.7 Å². The first-order valence-electron chi connectivity index (χ1n) is 4.47. The summed E-state index contributed by atoms with van der Waals surface area (Å²) in [5.74, 6) is 1.15. The summed E-state index contributed by atoms with van der Waals surface area (Å²) in [5, 5.41) is -0.213. The van der Waals surface area contributed by atoms with Crippen molar-refractivity contribution in [2.45, 2.75) is 19.8 Å². The molecule has 0 unspecified atom stereocenters. The standard InChI is InChI=1S/C11H14O2S/c1-7(2)9-6-8(11(12)14)4-5-10(9)13-3/h4-7H,1-3H3,(H,12,14). The van der Waals surface area contributed by atoms with Crippen LogP contribution in [0.25, 0.3) is 0 Å². The number of thiol groups is 1. The van der Waals surface area contributed by atoms with Crippen molar-refractivity contribution in [1.29, 1.82) is 0 Å². The lowest BCUT2D eigenvalue weighted by atomic mass is 10.00. The molecule has 0 aliphatic carbocycles. The van der Waals surface area contributed by atoms with Crippen molar-refractivity contribution in [1.82, 2.24) is 0 Å². The zero-order chi connectivity index (χ0) is 10.7. The molecule has 0 N–H and O–H groups in total. The van der Waals surface area contributed by atoms with Crippen LogP contribution in [0.5, 0.6) is 5.75 Å². The fraction of sp³-hybridized carbons (Fsp3) is 0.364. The lowest BCUT2D eigenvalue weighted by Gasteiger charge is -2.12. The van der Waals surface area contributed by atoms with E-state index in [-0.39, 0.29) is 5.12 Å². The van der Waals surface area contributed by atoms with Crippen molar-refractivity contribution < 1.29 is 9.53 Å². The quantitative estimate of drug-likeness (QED) is 0.776. The molecule has 3 heteroatoms. The summed E-state index contributed by atoms with van der Waals surface area (Å²) in [7, 11) is 1.63. The molecule has 0 atom stereocenters. The Hall–Kier alpha value is -0.960. The van der Waals surface area contributed by atoms with E-state index in [1.54, 1.807) is 19.2 Å². The topological polar surface area (TPSA) is 26.3 Å². The van der Waals surface area contributed by atoms with Crippen LogP contribution in [0, 0.1) is 0 Å². The van der Waals surface area contributed by atoms with Gasteiger partial charge in [0, 0.05) is 5.56 Å². The SMILES string of the molecule is COc1ccc(C(=O)S)cc1C(C)C. The van der Waals surface area contributed by atoms with Crippen molar-refractivity contribution in [3.8, 4) is 5.75 Å². The molecule has 1 aromatic carbocycles. The Bertz CT molecular complexity index is 345. The van der Waals surface area contributed by atoms with Crippen LogP contribution in [0.4, 0.5) is 0 Å². The molecule has 1 rings (SSSR count). The van der Waals surface area contributed by atoms with Crippen LogP contribution in [0.2, 0.25) is 0 Å². The largest absolute Gasteiger partial charge is 0.496 e. The molecule has 0 aromatic heterocycles. The molecule has 2 nitrogen and oxygen atoms in total. The van der Waals surface area contributed by atoms with Gasteiger partial charge in [0.25, 0.3) is 0 Å². The number of rotatable bonds is 3. The molecule has 0 spiro atoms. The summed E-state index contributed by atoms with van der Waals surface area (Å²) >= 11 is 3.79. The highest BCUT2D eigenvalue weighted by atomic mass is 32.1. The molecule has 0 saturated carbocycles. The molecule has 0 fully saturated rings. The van der Waals surface area contributed by atoms with Crippen LogP contribution in [-0.4, -0.2) is 12.2 Å². The smallest absolute Gasteiger partial charge is 0.216 e. The maximum atomic E-state index is 11.0. The maximum absolute atomic E-state index is 11.0. The lowest BCUT2D eigenvalue weighted by Crippen LogP contribution is -1.97. The Morgan fingerprint density at radius 2 is 2.07 bits per heavy atom. The summed E-state index contributed by atoms with van der Waals surface area (Å²) in [6, 6.07) is 5.36. The van der Waals surface area contributed by atoms with E-state index in [0.717, 1.165) is 11.3 Å². The number of hydrogen-bond acceptors (Lipinski definition) is 2. The highest BCUT2D eigenvalue weighted by molar-refractivity contribution is 7.97. The minimum Gasteiger partial charge on any atom is -0.496 e. The van der Waals surface area contributed by atoms with Gasteiger partial charge in [0.05, 0.1) is 7.11 Å². The Morgan fingerprint density at radius 1 is 1.43 bits per heavy atom.